The minimum absolute atomic E-state index is 0.102. The molecule has 2 rings (SSSR count). The van der Waals surface area contributed by atoms with E-state index in [1.807, 2.05) is 12.3 Å². The largest absolute Gasteiger partial charge is 0.394 e. The van der Waals surface area contributed by atoms with Crippen molar-refractivity contribution in [1.82, 2.24) is 9.78 Å². The van der Waals surface area contributed by atoms with Crippen molar-refractivity contribution in [3.63, 3.8) is 0 Å². The van der Waals surface area contributed by atoms with Crippen molar-refractivity contribution in [2.75, 3.05) is 11.9 Å². The molecular weight excluding hydrogens is 298 g/mol. The van der Waals surface area contributed by atoms with Crippen molar-refractivity contribution in [3.05, 3.63) is 44.0 Å². The van der Waals surface area contributed by atoms with Crippen LogP contribution in [0, 0.1) is 0 Å². The molecule has 20 heavy (non-hydrogen) atoms. The fourth-order valence-corrected chi connectivity index (χ4v) is 2.78. The van der Waals surface area contributed by atoms with Gasteiger partial charge in [0.1, 0.15) is 5.02 Å². The number of anilines is 1. The highest BCUT2D eigenvalue weighted by Crippen LogP contribution is 2.18. The van der Waals surface area contributed by atoms with Gasteiger partial charge in [-0.3, -0.25) is 4.79 Å². The first-order valence-corrected chi connectivity index (χ1v) is 7.58. The average Bonchev–Trinajstić information content (AvgIpc) is 2.91. The first-order valence-electron chi connectivity index (χ1n) is 6.26. The summed E-state index contributed by atoms with van der Waals surface area (Å²) in [6.07, 6.45) is 2.36. The molecule has 5 nitrogen and oxygen atoms in total. The molecule has 0 amide bonds. The van der Waals surface area contributed by atoms with Gasteiger partial charge in [-0.25, -0.2) is 4.68 Å². The van der Waals surface area contributed by atoms with E-state index < -0.39 is 5.56 Å². The predicted molar refractivity (Wildman–Crippen MR) is 81.7 cm³/mol. The number of aliphatic hydroxyl groups excluding tert-OH is 1. The van der Waals surface area contributed by atoms with Gasteiger partial charge in [0.25, 0.3) is 5.56 Å². The van der Waals surface area contributed by atoms with Crippen LogP contribution < -0.4 is 10.9 Å². The SMILES string of the molecule is CC(Cc1ccsc1)Nc1cnn(CCO)c(=O)c1Cl. The van der Waals surface area contributed by atoms with Crippen LogP contribution in [0.25, 0.3) is 0 Å². The molecule has 0 fully saturated rings. The van der Waals surface area contributed by atoms with Crippen molar-refractivity contribution in [1.29, 1.82) is 0 Å². The number of nitrogens with one attached hydrogen (secondary N) is 1. The normalized spacial score (nSPS) is 12.3. The summed E-state index contributed by atoms with van der Waals surface area (Å²) in [5.74, 6) is 0. The van der Waals surface area contributed by atoms with Crippen LogP contribution in [0.2, 0.25) is 5.02 Å². The van der Waals surface area contributed by atoms with E-state index in [0.717, 1.165) is 11.1 Å². The van der Waals surface area contributed by atoms with Crippen molar-refractivity contribution < 1.29 is 5.11 Å². The number of hydrogen-bond donors (Lipinski definition) is 2. The quantitative estimate of drug-likeness (QED) is 0.856. The molecule has 2 heterocycles. The highest BCUT2D eigenvalue weighted by atomic mass is 35.5. The third-order valence-corrected chi connectivity index (χ3v) is 3.92. The van der Waals surface area contributed by atoms with Gasteiger partial charge >= 0.3 is 0 Å². The van der Waals surface area contributed by atoms with Gasteiger partial charge in [-0.1, -0.05) is 11.6 Å². The van der Waals surface area contributed by atoms with Crippen LogP contribution >= 0.6 is 22.9 Å². The molecule has 108 valence electrons. The van der Waals surface area contributed by atoms with Crippen LogP contribution in [0.4, 0.5) is 5.69 Å². The standard InChI is InChI=1S/C13H16ClN3O2S/c1-9(6-10-2-5-20-8-10)16-11-7-15-17(3-4-18)13(19)12(11)14/h2,5,7-9,16,18H,3-4,6H2,1H3. The minimum atomic E-state index is -0.395. The van der Waals surface area contributed by atoms with Gasteiger partial charge in [-0.05, 0) is 35.7 Å². The highest BCUT2D eigenvalue weighted by Gasteiger charge is 2.11. The maximum absolute atomic E-state index is 11.9. The molecule has 0 aromatic carbocycles. The average molecular weight is 314 g/mol. The fraction of sp³-hybridized carbons (Fsp3) is 0.385. The Morgan fingerprint density at radius 3 is 3.05 bits per heavy atom. The third kappa shape index (κ3) is 3.59. The van der Waals surface area contributed by atoms with Gasteiger partial charge in [0.05, 0.1) is 25.0 Å². The lowest BCUT2D eigenvalue weighted by atomic mass is 10.1. The lowest BCUT2D eigenvalue weighted by molar-refractivity contribution is 0.266. The first kappa shape index (κ1) is 15.0. The van der Waals surface area contributed by atoms with Gasteiger partial charge in [-0.2, -0.15) is 16.4 Å². The molecule has 0 aliphatic carbocycles. The maximum atomic E-state index is 11.9. The number of aromatic nitrogens is 2. The van der Waals surface area contributed by atoms with Gasteiger partial charge in [0.2, 0.25) is 0 Å². The topological polar surface area (TPSA) is 67.2 Å². The van der Waals surface area contributed by atoms with Crippen LogP contribution in [0.5, 0.6) is 0 Å². The van der Waals surface area contributed by atoms with Crippen LogP contribution in [0.1, 0.15) is 12.5 Å². The van der Waals surface area contributed by atoms with E-state index in [9.17, 15) is 4.79 Å². The zero-order valence-corrected chi connectivity index (χ0v) is 12.6. The summed E-state index contributed by atoms with van der Waals surface area (Å²) in [7, 11) is 0. The summed E-state index contributed by atoms with van der Waals surface area (Å²) >= 11 is 7.70. The second-order valence-corrected chi connectivity index (χ2v) is 5.66. The molecule has 0 radical (unpaired) electrons. The number of halogens is 1. The van der Waals surface area contributed by atoms with E-state index in [-0.39, 0.29) is 24.2 Å². The van der Waals surface area contributed by atoms with E-state index in [2.05, 4.69) is 21.9 Å². The predicted octanol–water partition coefficient (Wildman–Crippen LogP) is 1.99. The molecule has 0 bridgehead atoms. The van der Waals surface area contributed by atoms with Gasteiger partial charge in [0, 0.05) is 6.04 Å². The minimum Gasteiger partial charge on any atom is -0.394 e. The lowest BCUT2D eigenvalue weighted by Crippen LogP contribution is -2.27. The Kier molecular flexibility index (Phi) is 5.17. The summed E-state index contributed by atoms with van der Waals surface area (Å²) in [6, 6.07) is 2.21. The molecule has 1 unspecified atom stereocenters. The first-order chi connectivity index (χ1) is 9.61. The van der Waals surface area contributed by atoms with Crippen molar-refractivity contribution in [3.8, 4) is 0 Å². The molecule has 2 aromatic heterocycles. The molecule has 2 aromatic rings. The summed E-state index contributed by atoms with van der Waals surface area (Å²) < 4.78 is 1.15. The van der Waals surface area contributed by atoms with Crippen molar-refractivity contribution in [2.45, 2.75) is 25.9 Å². The number of aliphatic hydroxyl groups is 1. The van der Waals surface area contributed by atoms with Crippen molar-refractivity contribution >= 4 is 28.6 Å². The Hall–Kier alpha value is -1.37. The molecule has 0 aliphatic heterocycles. The number of nitrogens with zero attached hydrogens (tertiary/aromatic N) is 2. The molecule has 0 spiro atoms. The molecule has 0 aliphatic rings. The van der Waals surface area contributed by atoms with E-state index in [1.165, 1.54) is 11.8 Å². The smallest absolute Gasteiger partial charge is 0.287 e. The van der Waals surface area contributed by atoms with Crippen LogP contribution in [-0.2, 0) is 13.0 Å². The molecular formula is C13H16ClN3O2S. The maximum Gasteiger partial charge on any atom is 0.287 e. The summed E-state index contributed by atoms with van der Waals surface area (Å²) in [5, 5.41) is 20.2. The number of thiophene rings is 1. The molecule has 0 saturated heterocycles. The third-order valence-electron chi connectivity index (χ3n) is 2.82. The zero-order valence-electron chi connectivity index (χ0n) is 11.0. The Morgan fingerprint density at radius 2 is 2.40 bits per heavy atom. The Morgan fingerprint density at radius 1 is 1.60 bits per heavy atom. The van der Waals surface area contributed by atoms with Crippen molar-refractivity contribution in [2.24, 2.45) is 0 Å². The molecule has 2 N–H and O–H groups in total. The Balaban J connectivity index is 2.09. The van der Waals surface area contributed by atoms with Crippen LogP contribution in [-0.4, -0.2) is 27.5 Å². The van der Waals surface area contributed by atoms with E-state index in [0.29, 0.717) is 5.69 Å². The second kappa shape index (κ2) is 6.88. The Bertz CT molecular complexity index is 613. The fourth-order valence-electron chi connectivity index (χ4n) is 1.90. The van der Waals surface area contributed by atoms with Gasteiger partial charge < -0.3 is 10.4 Å². The van der Waals surface area contributed by atoms with E-state index in [4.69, 9.17) is 16.7 Å². The second-order valence-electron chi connectivity index (χ2n) is 4.51. The molecule has 1 atom stereocenters. The van der Waals surface area contributed by atoms with Gasteiger partial charge in [-0.15, -0.1) is 0 Å². The van der Waals surface area contributed by atoms with E-state index in [1.54, 1.807) is 11.3 Å². The monoisotopic (exact) mass is 313 g/mol. The highest BCUT2D eigenvalue weighted by molar-refractivity contribution is 7.07. The molecule has 7 heteroatoms. The molecule has 0 saturated carbocycles. The summed E-state index contributed by atoms with van der Waals surface area (Å²) in [6.45, 7) is 2.01. The zero-order chi connectivity index (χ0) is 14.5. The summed E-state index contributed by atoms with van der Waals surface area (Å²) in [4.78, 5) is 11.9. The lowest BCUT2D eigenvalue weighted by Gasteiger charge is -2.15. The Labute approximate surface area is 125 Å². The number of rotatable bonds is 6. The number of hydrogen-bond acceptors (Lipinski definition) is 5. The summed E-state index contributed by atoms with van der Waals surface area (Å²) in [5.41, 5.74) is 1.37. The van der Waals surface area contributed by atoms with Crippen LogP contribution in [0.15, 0.2) is 27.8 Å². The van der Waals surface area contributed by atoms with Crippen LogP contribution in [0.3, 0.4) is 0 Å². The van der Waals surface area contributed by atoms with E-state index >= 15 is 0 Å². The van der Waals surface area contributed by atoms with Gasteiger partial charge in [0.15, 0.2) is 0 Å².